The minimum atomic E-state index is -0.514. The van der Waals surface area contributed by atoms with Gasteiger partial charge in [-0.3, -0.25) is 0 Å². The number of nitrogens with zero attached hydrogens (tertiary/aromatic N) is 3. The largest absolute Gasteiger partial charge is 0.388 e. The molecule has 1 N–H and O–H groups in total. The van der Waals surface area contributed by atoms with Gasteiger partial charge in [0.2, 0.25) is 0 Å². The van der Waals surface area contributed by atoms with Crippen LogP contribution in [0.3, 0.4) is 0 Å². The second-order valence-corrected chi connectivity index (χ2v) is 12.9. The van der Waals surface area contributed by atoms with Gasteiger partial charge in [0, 0.05) is 29.4 Å². The Morgan fingerprint density at radius 1 is 0.373 bits per heavy atom. The molecule has 7 aromatic carbocycles. The highest BCUT2D eigenvalue weighted by Crippen LogP contribution is 2.56. The summed E-state index contributed by atoms with van der Waals surface area (Å²) in [5, 5.41) is 3.20. The minimum absolute atomic E-state index is 0.514. The molecule has 0 radical (unpaired) electrons. The van der Waals surface area contributed by atoms with Crippen LogP contribution in [0.25, 0.3) is 56.4 Å². The Morgan fingerprint density at radius 2 is 0.863 bits per heavy atom. The number of nitrogens with one attached hydrogen (secondary N) is 1. The van der Waals surface area contributed by atoms with Crippen LogP contribution in [-0.4, -0.2) is 22.0 Å². The first-order chi connectivity index (χ1) is 25.2. The van der Waals surface area contributed by atoms with Gasteiger partial charge < -0.3 is 5.32 Å². The number of hydrogen-bond donors (Lipinski definition) is 1. The first kappa shape index (κ1) is 30.4. The van der Waals surface area contributed by atoms with Gasteiger partial charge in [-0.1, -0.05) is 158 Å². The normalized spacial score (nSPS) is 12.6. The Balaban J connectivity index is 1.25. The van der Waals surface area contributed by atoms with Crippen LogP contribution in [0.1, 0.15) is 22.3 Å². The van der Waals surface area contributed by atoms with Crippen molar-refractivity contribution in [2.24, 2.45) is 0 Å². The van der Waals surface area contributed by atoms with Crippen LogP contribution in [0.2, 0.25) is 0 Å². The average Bonchev–Trinajstić information content (AvgIpc) is 3.52. The zero-order chi connectivity index (χ0) is 34.2. The Labute approximate surface area is 298 Å². The third kappa shape index (κ3) is 5.20. The van der Waals surface area contributed by atoms with Gasteiger partial charge in [-0.05, 0) is 68.8 Å². The third-order valence-corrected chi connectivity index (χ3v) is 10.0. The molecule has 0 bridgehead atoms. The van der Waals surface area contributed by atoms with E-state index in [4.69, 9.17) is 15.0 Å². The molecule has 0 unspecified atom stereocenters. The van der Waals surface area contributed by atoms with E-state index in [1.54, 1.807) is 0 Å². The number of rotatable bonds is 7. The number of aromatic nitrogens is 3. The molecule has 4 heteroatoms. The fraction of sp³-hybridized carbons (Fsp3) is 0.0426. The van der Waals surface area contributed by atoms with Crippen LogP contribution in [-0.2, 0) is 5.41 Å². The molecular formula is C47H34N4. The third-order valence-electron chi connectivity index (χ3n) is 10.0. The first-order valence-electron chi connectivity index (χ1n) is 17.3. The quantitative estimate of drug-likeness (QED) is 0.186. The maximum atomic E-state index is 5.20. The average molecular weight is 655 g/mol. The van der Waals surface area contributed by atoms with Gasteiger partial charge in [-0.2, -0.15) is 0 Å². The molecule has 0 atom stereocenters. The van der Waals surface area contributed by atoms with Crippen molar-refractivity contribution in [1.29, 1.82) is 0 Å². The second-order valence-electron chi connectivity index (χ2n) is 12.9. The molecule has 9 rings (SSSR count). The predicted octanol–water partition coefficient (Wildman–Crippen LogP) is 10.9. The van der Waals surface area contributed by atoms with Crippen LogP contribution in [0.4, 0.5) is 5.69 Å². The highest BCUT2D eigenvalue weighted by atomic mass is 15.0. The summed E-state index contributed by atoms with van der Waals surface area (Å²) in [6.07, 6.45) is 0. The molecule has 1 aliphatic rings. The highest BCUT2D eigenvalue weighted by Gasteiger charge is 2.46. The van der Waals surface area contributed by atoms with Gasteiger partial charge in [0.05, 0.1) is 5.41 Å². The summed E-state index contributed by atoms with van der Waals surface area (Å²) in [4.78, 5) is 15.4. The lowest BCUT2D eigenvalue weighted by molar-refractivity contribution is 0.768. The van der Waals surface area contributed by atoms with Gasteiger partial charge in [-0.15, -0.1) is 0 Å². The van der Waals surface area contributed by atoms with E-state index in [1.807, 2.05) is 25.2 Å². The Kier molecular flexibility index (Phi) is 7.55. The summed E-state index contributed by atoms with van der Waals surface area (Å²) in [6.45, 7) is 0. The van der Waals surface area contributed by atoms with Gasteiger partial charge in [0.25, 0.3) is 0 Å². The molecule has 0 amide bonds. The van der Waals surface area contributed by atoms with Crippen LogP contribution >= 0.6 is 0 Å². The van der Waals surface area contributed by atoms with Crippen LogP contribution < -0.4 is 5.32 Å². The molecule has 1 aliphatic carbocycles. The fourth-order valence-corrected chi connectivity index (χ4v) is 7.60. The number of fused-ring (bicyclic) bond motifs is 3. The fourth-order valence-electron chi connectivity index (χ4n) is 7.60. The molecule has 0 saturated carbocycles. The molecule has 4 nitrogen and oxygen atoms in total. The Bertz CT molecular complexity index is 2450. The van der Waals surface area contributed by atoms with Crippen molar-refractivity contribution in [2.75, 3.05) is 12.4 Å². The number of anilines is 1. The first-order valence-corrected chi connectivity index (χ1v) is 17.3. The summed E-state index contributed by atoms with van der Waals surface area (Å²) >= 11 is 0. The zero-order valence-electron chi connectivity index (χ0n) is 28.2. The molecule has 0 fully saturated rings. The van der Waals surface area contributed by atoms with Crippen LogP contribution in [0.5, 0.6) is 0 Å². The molecule has 0 saturated heterocycles. The number of benzene rings is 7. The van der Waals surface area contributed by atoms with Gasteiger partial charge in [0.1, 0.15) is 0 Å². The Hall–Kier alpha value is -6.65. The summed E-state index contributed by atoms with van der Waals surface area (Å²) < 4.78 is 0. The molecule has 0 aliphatic heterocycles. The van der Waals surface area contributed by atoms with E-state index in [-0.39, 0.29) is 0 Å². The molecule has 8 aromatic rings. The van der Waals surface area contributed by atoms with Crippen molar-refractivity contribution in [1.82, 2.24) is 15.0 Å². The molecule has 1 aromatic heterocycles. The summed E-state index contributed by atoms with van der Waals surface area (Å²) in [6, 6.07) is 64.3. The predicted molar refractivity (Wildman–Crippen MR) is 208 cm³/mol. The van der Waals surface area contributed by atoms with E-state index >= 15 is 0 Å². The van der Waals surface area contributed by atoms with Crippen molar-refractivity contribution in [3.05, 3.63) is 204 Å². The number of hydrogen-bond acceptors (Lipinski definition) is 4. The van der Waals surface area contributed by atoms with Crippen molar-refractivity contribution in [3.8, 4) is 56.4 Å². The van der Waals surface area contributed by atoms with Gasteiger partial charge >= 0.3 is 0 Å². The highest BCUT2D eigenvalue weighted by molar-refractivity contribution is 5.88. The minimum Gasteiger partial charge on any atom is -0.388 e. The van der Waals surface area contributed by atoms with Crippen molar-refractivity contribution >= 4 is 5.69 Å². The van der Waals surface area contributed by atoms with Gasteiger partial charge in [-0.25, -0.2) is 15.0 Å². The maximum absolute atomic E-state index is 5.20. The summed E-state index contributed by atoms with van der Waals surface area (Å²) in [5.74, 6) is 1.91. The second kappa shape index (κ2) is 12.7. The Morgan fingerprint density at radius 3 is 1.51 bits per heavy atom. The molecule has 0 spiro atoms. The summed E-state index contributed by atoms with van der Waals surface area (Å²) in [7, 11) is 1.93. The molecule has 51 heavy (non-hydrogen) atoms. The smallest absolute Gasteiger partial charge is 0.164 e. The monoisotopic (exact) mass is 654 g/mol. The van der Waals surface area contributed by atoms with E-state index in [9.17, 15) is 0 Å². The topological polar surface area (TPSA) is 50.7 Å². The van der Waals surface area contributed by atoms with Crippen molar-refractivity contribution in [2.45, 2.75) is 5.41 Å². The standard InChI is InChI=1S/C47H34N4/c1-48-39-27-24-32(25-28-39)34-16-13-17-35(30-34)45-49-44(33-14-5-2-6-15-33)50-46(51-45)36-26-29-41-40-22-11-12-23-42(40)47(43(41)31-36,37-18-7-3-8-19-37)38-20-9-4-10-21-38/h2-31,48H,1H3. The molecule has 242 valence electrons. The zero-order valence-corrected chi connectivity index (χ0v) is 28.2. The van der Waals surface area contributed by atoms with Crippen molar-refractivity contribution in [3.63, 3.8) is 0 Å². The summed E-state index contributed by atoms with van der Waals surface area (Å²) in [5.41, 5.74) is 13.0. The van der Waals surface area contributed by atoms with E-state index < -0.39 is 5.41 Å². The van der Waals surface area contributed by atoms with Crippen LogP contribution in [0, 0.1) is 0 Å². The van der Waals surface area contributed by atoms with Crippen LogP contribution in [0.15, 0.2) is 182 Å². The lowest BCUT2D eigenvalue weighted by Gasteiger charge is -2.34. The lowest BCUT2D eigenvalue weighted by atomic mass is 9.67. The van der Waals surface area contributed by atoms with E-state index in [1.165, 1.54) is 33.4 Å². The molecular weight excluding hydrogens is 621 g/mol. The lowest BCUT2D eigenvalue weighted by Crippen LogP contribution is -2.28. The maximum Gasteiger partial charge on any atom is 0.164 e. The van der Waals surface area contributed by atoms with Crippen molar-refractivity contribution < 1.29 is 0 Å². The SMILES string of the molecule is CNc1ccc(-c2cccc(-c3nc(-c4ccccc4)nc(-c4ccc5c(c4)C(c4ccccc4)(c4ccccc4)c4ccccc4-5)n3)c2)cc1. The van der Waals surface area contributed by atoms with E-state index in [0.29, 0.717) is 17.5 Å². The van der Waals surface area contributed by atoms with E-state index in [2.05, 4.69) is 169 Å². The van der Waals surface area contributed by atoms with E-state index in [0.717, 1.165) is 33.5 Å². The molecule has 1 heterocycles. The van der Waals surface area contributed by atoms with Gasteiger partial charge in [0.15, 0.2) is 17.5 Å².